The van der Waals surface area contributed by atoms with Crippen molar-refractivity contribution in [2.45, 2.75) is 45.3 Å². The molecule has 1 fully saturated rings. The van der Waals surface area contributed by atoms with Crippen LogP contribution >= 0.6 is 0 Å². The topological polar surface area (TPSA) is 70.7 Å². The van der Waals surface area contributed by atoms with Gasteiger partial charge in [-0.15, -0.1) is 0 Å². The van der Waals surface area contributed by atoms with Crippen LogP contribution in [0.4, 0.5) is 16.2 Å². The minimum Gasteiger partial charge on any atom is -0.444 e. The van der Waals surface area contributed by atoms with Gasteiger partial charge in [0.05, 0.1) is 11.4 Å². The van der Waals surface area contributed by atoms with Crippen molar-refractivity contribution in [1.29, 1.82) is 0 Å². The Hall–Kier alpha value is -2.24. The van der Waals surface area contributed by atoms with Gasteiger partial charge in [0, 0.05) is 19.1 Å². The van der Waals surface area contributed by atoms with Crippen LogP contribution < -0.4 is 15.5 Å². The van der Waals surface area contributed by atoms with Gasteiger partial charge in [0.1, 0.15) is 5.60 Å². The Morgan fingerprint density at radius 2 is 1.91 bits per heavy atom. The summed E-state index contributed by atoms with van der Waals surface area (Å²) < 4.78 is 5.29. The van der Waals surface area contributed by atoms with Gasteiger partial charge in [-0.2, -0.15) is 0 Å². The van der Waals surface area contributed by atoms with Crippen LogP contribution in [0.3, 0.4) is 0 Å². The average Bonchev–Trinajstić information content (AvgIpc) is 2.47. The first kappa shape index (κ1) is 17.1. The summed E-state index contributed by atoms with van der Waals surface area (Å²) in [4.78, 5) is 24.7. The number of anilines is 2. The average molecular weight is 319 g/mol. The Kier molecular flexibility index (Phi) is 5.47. The highest BCUT2D eigenvalue weighted by atomic mass is 16.6. The van der Waals surface area contributed by atoms with Gasteiger partial charge in [-0.1, -0.05) is 12.1 Å². The van der Waals surface area contributed by atoms with Crippen LogP contribution in [0.15, 0.2) is 24.3 Å². The van der Waals surface area contributed by atoms with Crippen molar-refractivity contribution in [1.82, 2.24) is 5.32 Å². The molecule has 1 aromatic rings. The second kappa shape index (κ2) is 7.35. The van der Waals surface area contributed by atoms with Crippen LogP contribution in [0.2, 0.25) is 0 Å². The molecule has 1 heterocycles. The first-order valence-corrected chi connectivity index (χ1v) is 7.93. The summed E-state index contributed by atoms with van der Waals surface area (Å²) in [6.07, 6.45) is 2.01. The molecule has 1 aliphatic heterocycles. The van der Waals surface area contributed by atoms with Gasteiger partial charge >= 0.3 is 6.09 Å². The number of piperidine rings is 1. The van der Waals surface area contributed by atoms with E-state index < -0.39 is 5.60 Å². The van der Waals surface area contributed by atoms with Crippen molar-refractivity contribution in [2.75, 3.05) is 23.3 Å². The molecule has 2 N–H and O–H groups in total. The lowest BCUT2D eigenvalue weighted by molar-refractivity contribution is -0.105. The summed E-state index contributed by atoms with van der Waals surface area (Å²) in [6.45, 7) is 7.19. The second-order valence-electron chi connectivity index (χ2n) is 6.69. The van der Waals surface area contributed by atoms with Gasteiger partial charge in [0.25, 0.3) is 0 Å². The molecule has 2 rings (SSSR count). The molecule has 0 spiro atoms. The normalized spacial score (nSPS) is 15.9. The highest BCUT2D eigenvalue weighted by Crippen LogP contribution is 2.28. The van der Waals surface area contributed by atoms with Crippen LogP contribution in [0.5, 0.6) is 0 Å². The Balaban J connectivity index is 1.89. The van der Waals surface area contributed by atoms with Crippen LogP contribution in [-0.4, -0.2) is 37.2 Å². The molecule has 1 aliphatic rings. The fraction of sp³-hybridized carbons (Fsp3) is 0.529. The van der Waals surface area contributed by atoms with Gasteiger partial charge in [-0.05, 0) is 45.7 Å². The first-order chi connectivity index (χ1) is 10.9. The third-order valence-electron chi connectivity index (χ3n) is 3.67. The number of hydrogen-bond donors (Lipinski definition) is 2. The Morgan fingerprint density at radius 3 is 2.52 bits per heavy atom. The molecule has 23 heavy (non-hydrogen) atoms. The number of nitrogens with one attached hydrogen (secondary N) is 2. The van der Waals surface area contributed by atoms with E-state index >= 15 is 0 Å². The maximum atomic E-state index is 11.8. The van der Waals surface area contributed by atoms with Crippen molar-refractivity contribution in [3.63, 3.8) is 0 Å². The van der Waals surface area contributed by atoms with E-state index in [1.54, 1.807) is 0 Å². The molecule has 0 aromatic heterocycles. The molecule has 1 aromatic carbocycles. The molecular formula is C17H25N3O3. The van der Waals surface area contributed by atoms with Crippen LogP contribution in [0, 0.1) is 0 Å². The van der Waals surface area contributed by atoms with Crippen molar-refractivity contribution in [2.24, 2.45) is 0 Å². The number of ether oxygens (including phenoxy) is 1. The largest absolute Gasteiger partial charge is 0.444 e. The highest BCUT2D eigenvalue weighted by molar-refractivity contribution is 5.81. The smallest absolute Gasteiger partial charge is 0.407 e. The summed E-state index contributed by atoms with van der Waals surface area (Å²) in [5.74, 6) is 0. The summed E-state index contributed by atoms with van der Waals surface area (Å²) in [5, 5.41) is 5.66. The predicted molar refractivity (Wildman–Crippen MR) is 90.7 cm³/mol. The minimum absolute atomic E-state index is 0.118. The second-order valence-corrected chi connectivity index (χ2v) is 6.69. The molecule has 2 amide bonds. The van der Waals surface area contributed by atoms with Crippen LogP contribution in [0.1, 0.15) is 33.6 Å². The summed E-state index contributed by atoms with van der Waals surface area (Å²) in [7, 11) is 0. The van der Waals surface area contributed by atoms with E-state index in [9.17, 15) is 9.59 Å². The fourth-order valence-corrected chi connectivity index (χ4v) is 2.67. The number of carbonyl (C=O) groups excluding carboxylic acids is 2. The van der Waals surface area contributed by atoms with Gasteiger partial charge in [0.2, 0.25) is 6.41 Å². The zero-order valence-electron chi connectivity index (χ0n) is 14.0. The number of alkyl carbamates (subject to hydrolysis) is 1. The number of nitrogens with zero attached hydrogens (tertiary/aromatic N) is 1. The summed E-state index contributed by atoms with van der Waals surface area (Å²) >= 11 is 0. The molecule has 0 atom stereocenters. The molecule has 6 nitrogen and oxygen atoms in total. The molecule has 0 aliphatic carbocycles. The number of benzene rings is 1. The molecular weight excluding hydrogens is 294 g/mol. The quantitative estimate of drug-likeness (QED) is 0.837. The Labute approximate surface area is 137 Å². The summed E-state index contributed by atoms with van der Waals surface area (Å²) in [5.41, 5.74) is 1.33. The monoisotopic (exact) mass is 319 g/mol. The Morgan fingerprint density at radius 1 is 1.26 bits per heavy atom. The maximum Gasteiger partial charge on any atom is 0.407 e. The molecule has 6 heteroatoms. The minimum atomic E-state index is -0.482. The van der Waals surface area contributed by atoms with Gasteiger partial charge in [-0.25, -0.2) is 4.79 Å². The lowest BCUT2D eigenvalue weighted by Crippen LogP contribution is -2.46. The zero-order chi connectivity index (χ0) is 16.9. The third-order valence-corrected chi connectivity index (χ3v) is 3.67. The molecule has 0 radical (unpaired) electrons. The third kappa shape index (κ3) is 5.16. The van der Waals surface area contributed by atoms with E-state index in [0.29, 0.717) is 6.41 Å². The van der Waals surface area contributed by atoms with Crippen LogP contribution in [-0.2, 0) is 9.53 Å². The van der Waals surface area contributed by atoms with E-state index in [-0.39, 0.29) is 12.1 Å². The number of para-hydroxylation sites is 2. The number of carbonyl (C=O) groups is 2. The van der Waals surface area contributed by atoms with E-state index in [4.69, 9.17) is 4.74 Å². The van der Waals surface area contributed by atoms with E-state index in [1.165, 1.54) is 0 Å². The predicted octanol–water partition coefficient (Wildman–Crippen LogP) is 2.75. The number of amides is 2. The summed E-state index contributed by atoms with van der Waals surface area (Å²) in [6, 6.07) is 7.84. The van der Waals surface area contributed by atoms with Gasteiger partial charge in [0.15, 0.2) is 0 Å². The van der Waals surface area contributed by atoms with Gasteiger partial charge < -0.3 is 20.3 Å². The molecule has 0 unspecified atom stereocenters. The molecule has 0 saturated carbocycles. The molecule has 1 saturated heterocycles. The van der Waals surface area contributed by atoms with Crippen molar-refractivity contribution in [3.8, 4) is 0 Å². The van der Waals surface area contributed by atoms with Crippen LogP contribution in [0.25, 0.3) is 0 Å². The number of hydrogen-bond acceptors (Lipinski definition) is 4. The van der Waals surface area contributed by atoms with Crippen molar-refractivity contribution in [3.05, 3.63) is 24.3 Å². The van der Waals surface area contributed by atoms with E-state index in [1.807, 2.05) is 45.0 Å². The Bertz CT molecular complexity index is 546. The molecule has 0 bridgehead atoms. The lowest BCUT2D eigenvalue weighted by atomic mass is 10.0. The highest BCUT2D eigenvalue weighted by Gasteiger charge is 2.24. The van der Waals surface area contributed by atoms with Crippen molar-refractivity contribution >= 4 is 23.9 Å². The molecule has 126 valence electrons. The lowest BCUT2D eigenvalue weighted by Gasteiger charge is -2.35. The van der Waals surface area contributed by atoms with Gasteiger partial charge in [-0.3, -0.25) is 4.79 Å². The first-order valence-electron chi connectivity index (χ1n) is 7.93. The van der Waals surface area contributed by atoms with E-state index in [0.717, 1.165) is 37.3 Å². The fourth-order valence-electron chi connectivity index (χ4n) is 2.67. The standard InChI is InChI=1S/C17H25N3O3/c1-17(2,3)23-16(22)19-13-8-10-20(11-9-13)15-7-5-4-6-14(15)18-12-21/h4-7,12-13H,8-11H2,1-3H3,(H,18,21)(H,19,22). The maximum absolute atomic E-state index is 11.8. The van der Waals surface area contributed by atoms with Crippen molar-refractivity contribution < 1.29 is 14.3 Å². The zero-order valence-corrected chi connectivity index (χ0v) is 14.0. The number of rotatable bonds is 4. The SMILES string of the molecule is CC(C)(C)OC(=O)NC1CCN(c2ccccc2NC=O)CC1. The van der Waals surface area contributed by atoms with E-state index in [2.05, 4.69) is 15.5 Å².